The van der Waals surface area contributed by atoms with Gasteiger partial charge >= 0.3 is 18.2 Å². The number of hydrogen-bond donors (Lipinski definition) is 2. The molecular formula is C17H21F3N2O3. The zero-order chi connectivity index (χ0) is 18.8. The molecule has 0 saturated heterocycles. The molecule has 0 aliphatic heterocycles. The highest BCUT2D eigenvalue weighted by Gasteiger charge is 2.34. The number of carbonyl (C=O) groups excluding carboxylic acids is 1. The smallest absolute Gasteiger partial charge is 0.416 e. The van der Waals surface area contributed by atoms with Gasteiger partial charge in [0.1, 0.15) is 0 Å². The molecule has 1 aliphatic rings. The summed E-state index contributed by atoms with van der Waals surface area (Å²) in [5, 5.41) is 11.7. The quantitative estimate of drug-likeness (QED) is 0.848. The second-order valence-corrected chi connectivity index (χ2v) is 6.55. The van der Waals surface area contributed by atoms with Crippen molar-refractivity contribution in [2.75, 3.05) is 13.6 Å². The Bertz CT molecular complexity index is 625. The molecule has 1 unspecified atom stereocenters. The van der Waals surface area contributed by atoms with Gasteiger partial charge in [0.2, 0.25) is 0 Å². The molecule has 8 heteroatoms. The van der Waals surface area contributed by atoms with E-state index in [0.717, 1.165) is 17.7 Å². The number of carbonyl (C=O) groups is 2. The SMILES string of the molecule is CC(CN(C)C(=O)NC1CC(c2ccc(C(F)(F)F)cc2)C1)C(=O)O. The largest absolute Gasteiger partial charge is 0.481 e. The summed E-state index contributed by atoms with van der Waals surface area (Å²) in [6.07, 6.45) is -3.04. The minimum Gasteiger partial charge on any atom is -0.481 e. The number of rotatable bonds is 5. The highest BCUT2D eigenvalue weighted by Crippen LogP contribution is 2.38. The van der Waals surface area contributed by atoms with Gasteiger partial charge in [-0.25, -0.2) is 4.79 Å². The van der Waals surface area contributed by atoms with Crippen LogP contribution in [0.3, 0.4) is 0 Å². The lowest BCUT2D eigenvalue weighted by Crippen LogP contribution is -2.49. The van der Waals surface area contributed by atoms with Crippen LogP contribution in [0.15, 0.2) is 24.3 Å². The van der Waals surface area contributed by atoms with Gasteiger partial charge in [-0.3, -0.25) is 4.79 Å². The fourth-order valence-electron chi connectivity index (χ4n) is 2.81. The molecule has 0 heterocycles. The molecule has 25 heavy (non-hydrogen) atoms. The monoisotopic (exact) mass is 358 g/mol. The van der Waals surface area contributed by atoms with Crippen LogP contribution in [0.25, 0.3) is 0 Å². The summed E-state index contributed by atoms with van der Waals surface area (Å²) < 4.78 is 37.6. The Hall–Kier alpha value is -2.25. The van der Waals surface area contributed by atoms with Gasteiger partial charge in [-0.1, -0.05) is 19.1 Å². The molecule has 0 spiro atoms. The van der Waals surface area contributed by atoms with E-state index in [1.807, 2.05) is 0 Å². The van der Waals surface area contributed by atoms with E-state index in [2.05, 4.69) is 5.32 Å². The number of amides is 2. The minimum atomic E-state index is -4.34. The molecular weight excluding hydrogens is 337 g/mol. The summed E-state index contributed by atoms with van der Waals surface area (Å²) in [5.74, 6) is -1.50. The molecule has 0 bridgehead atoms. The average Bonchev–Trinajstić information content (AvgIpc) is 2.49. The van der Waals surface area contributed by atoms with E-state index in [-0.39, 0.29) is 24.5 Å². The first-order valence-electron chi connectivity index (χ1n) is 7.99. The number of alkyl halides is 3. The van der Waals surface area contributed by atoms with Crippen LogP contribution >= 0.6 is 0 Å². The van der Waals surface area contributed by atoms with Gasteiger partial charge in [0.15, 0.2) is 0 Å². The van der Waals surface area contributed by atoms with Crippen LogP contribution in [-0.4, -0.2) is 41.6 Å². The normalized spacial score (nSPS) is 21.2. The second-order valence-electron chi connectivity index (χ2n) is 6.55. The van der Waals surface area contributed by atoms with Crippen molar-refractivity contribution in [2.45, 2.75) is 37.9 Å². The summed E-state index contributed by atoms with van der Waals surface area (Å²) >= 11 is 0. The summed E-state index contributed by atoms with van der Waals surface area (Å²) in [6, 6.07) is 4.70. The maximum Gasteiger partial charge on any atom is 0.416 e. The molecule has 0 radical (unpaired) electrons. The Labute approximate surface area is 143 Å². The van der Waals surface area contributed by atoms with E-state index >= 15 is 0 Å². The maximum absolute atomic E-state index is 12.5. The van der Waals surface area contributed by atoms with Gasteiger partial charge in [-0.15, -0.1) is 0 Å². The number of carboxylic acid groups (broad SMARTS) is 1. The summed E-state index contributed by atoms with van der Waals surface area (Å²) in [4.78, 5) is 24.1. The Morgan fingerprint density at radius 1 is 1.28 bits per heavy atom. The fraction of sp³-hybridized carbons (Fsp3) is 0.529. The molecule has 138 valence electrons. The van der Waals surface area contributed by atoms with Crippen molar-refractivity contribution >= 4 is 12.0 Å². The summed E-state index contributed by atoms with van der Waals surface area (Å²) in [5.41, 5.74) is 0.154. The third-order valence-electron chi connectivity index (χ3n) is 4.49. The second kappa shape index (κ2) is 7.33. The summed E-state index contributed by atoms with van der Waals surface area (Å²) in [7, 11) is 1.53. The van der Waals surface area contributed by atoms with E-state index in [1.54, 1.807) is 0 Å². The van der Waals surface area contributed by atoms with Crippen molar-refractivity contribution in [1.82, 2.24) is 10.2 Å². The highest BCUT2D eigenvalue weighted by molar-refractivity contribution is 5.76. The highest BCUT2D eigenvalue weighted by atomic mass is 19.4. The van der Waals surface area contributed by atoms with Gasteiger partial charge < -0.3 is 15.3 Å². The average molecular weight is 358 g/mol. The van der Waals surface area contributed by atoms with E-state index < -0.39 is 23.6 Å². The number of nitrogens with one attached hydrogen (secondary N) is 1. The van der Waals surface area contributed by atoms with Crippen molar-refractivity contribution in [2.24, 2.45) is 5.92 Å². The first-order valence-corrected chi connectivity index (χ1v) is 7.99. The van der Waals surface area contributed by atoms with E-state index in [1.165, 1.54) is 31.0 Å². The van der Waals surface area contributed by atoms with Crippen LogP contribution < -0.4 is 5.32 Å². The number of carboxylic acids is 1. The van der Waals surface area contributed by atoms with E-state index in [0.29, 0.717) is 12.8 Å². The molecule has 0 aromatic heterocycles. The number of halogens is 3. The molecule has 1 saturated carbocycles. The van der Waals surface area contributed by atoms with Gasteiger partial charge in [-0.05, 0) is 36.5 Å². The molecule has 1 fully saturated rings. The first-order chi connectivity index (χ1) is 11.6. The van der Waals surface area contributed by atoms with Crippen molar-refractivity contribution in [3.05, 3.63) is 35.4 Å². The van der Waals surface area contributed by atoms with E-state index in [9.17, 15) is 22.8 Å². The Morgan fingerprint density at radius 2 is 1.84 bits per heavy atom. The van der Waals surface area contributed by atoms with Crippen molar-refractivity contribution < 1.29 is 27.9 Å². The van der Waals surface area contributed by atoms with Gasteiger partial charge in [0, 0.05) is 19.6 Å². The van der Waals surface area contributed by atoms with Crippen LogP contribution in [0.2, 0.25) is 0 Å². The Kier molecular flexibility index (Phi) is 5.59. The zero-order valence-corrected chi connectivity index (χ0v) is 14.0. The van der Waals surface area contributed by atoms with Crippen LogP contribution in [-0.2, 0) is 11.0 Å². The molecule has 1 aliphatic carbocycles. The molecule has 2 N–H and O–H groups in total. The lowest BCUT2D eigenvalue weighted by atomic mass is 9.76. The van der Waals surface area contributed by atoms with E-state index in [4.69, 9.17) is 5.11 Å². The Morgan fingerprint density at radius 3 is 2.32 bits per heavy atom. The van der Waals surface area contributed by atoms with Crippen molar-refractivity contribution in [3.63, 3.8) is 0 Å². The molecule has 2 amide bonds. The minimum absolute atomic E-state index is 0.0534. The third-order valence-corrected chi connectivity index (χ3v) is 4.49. The van der Waals surface area contributed by atoms with Crippen LogP contribution in [0.1, 0.15) is 36.8 Å². The standard InChI is InChI=1S/C17H21F3N2O3/c1-10(15(23)24)9-22(2)16(25)21-14-7-12(8-14)11-3-5-13(6-4-11)17(18,19)20/h3-6,10,12,14H,7-9H2,1-2H3,(H,21,25)(H,23,24). The lowest BCUT2D eigenvalue weighted by Gasteiger charge is -2.37. The molecule has 5 nitrogen and oxygen atoms in total. The number of nitrogens with zero attached hydrogens (tertiary/aromatic N) is 1. The number of aliphatic carboxylic acids is 1. The fourth-order valence-corrected chi connectivity index (χ4v) is 2.81. The van der Waals surface area contributed by atoms with Crippen molar-refractivity contribution in [3.8, 4) is 0 Å². The van der Waals surface area contributed by atoms with Crippen LogP contribution in [0.5, 0.6) is 0 Å². The molecule has 1 aromatic rings. The Balaban J connectivity index is 1.80. The van der Waals surface area contributed by atoms with Crippen LogP contribution in [0.4, 0.5) is 18.0 Å². The predicted octanol–water partition coefficient (Wildman–Crippen LogP) is 3.31. The van der Waals surface area contributed by atoms with Gasteiger partial charge in [-0.2, -0.15) is 13.2 Å². The predicted molar refractivity (Wildman–Crippen MR) is 85.2 cm³/mol. The third kappa shape index (κ3) is 4.87. The molecule has 2 rings (SSSR count). The zero-order valence-electron chi connectivity index (χ0n) is 14.0. The topological polar surface area (TPSA) is 69.6 Å². The maximum atomic E-state index is 12.5. The number of urea groups is 1. The first kappa shape index (κ1) is 19.1. The molecule has 1 atom stereocenters. The number of hydrogen-bond acceptors (Lipinski definition) is 2. The number of benzene rings is 1. The van der Waals surface area contributed by atoms with Crippen LogP contribution in [0, 0.1) is 5.92 Å². The molecule has 1 aromatic carbocycles. The van der Waals surface area contributed by atoms with Gasteiger partial charge in [0.25, 0.3) is 0 Å². The lowest BCUT2D eigenvalue weighted by molar-refractivity contribution is -0.141. The van der Waals surface area contributed by atoms with Crippen molar-refractivity contribution in [1.29, 1.82) is 0 Å². The summed E-state index contributed by atoms with van der Waals surface area (Å²) in [6.45, 7) is 1.63. The van der Waals surface area contributed by atoms with Gasteiger partial charge in [0.05, 0.1) is 11.5 Å².